The van der Waals surface area contributed by atoms with E-state index in [4.69, 9.17) is 9.15 Å². The zero-order valence-corrected chi connectivity index (χ0v) is 16.6. The van der Waals surface area contributed by atoms with E-state index in [2.05, 4.69) is 20.5 Å². The van der Waals surface area contributed by atoms with Crippen molar-refractivity contribution >= 4 is 28.4 Å². The number of benzene rings is 1. The Morgan fingerprint density at radius 2 is 1.97 bits per heavy atom. The van der Waals surface area contributed by atoms with Crippen molar-refractivity contribution in [2.24, 2.45) is 0 Å². The van der Waals surface area contributed by atoms with Crippen molar-refractivity contribution in [2.45, 2.75) is 13.3 Å². The van der Waals surface area contributed by atoms with Gasteiger partial charge in [0.2, 0.25) is 0 Å². The van der Waals surface area contributed by atoms with Crippen LogP contribution in [0.1, 0.15) is 22.5 Å². The van der Waals surface area contributed by atoms with Gasteiger partial charge in [0.25, 0.3) is 5.91 Å². The third-order valence-electron chi connectivity index (χ3n) is 5.04. The van der Waals surface area contributed by atoms with E-state index in [1.807, 2.05) is 37.3 Å². The first kappa shape index (κ1) is 19.4. The number of anilines is 2. The summed E-state index contributed by atoms with van der Waals surface area (Å²) in [6.45, 7) is 7.09. The van der Waals surface area contributed by atoms with Crippen molar-refractivity contribution in [3.05, 3.63) is 53.9 Å². The third-order valence-corrected chi connectivity index (χ3v) is 5.04. The van der Waals surface area contributed by atoms with E-state index in [1.54, 1.807) is 12.3 Å². The molecule has 1 aromatic carbocycles. The monoisotopic (exact) mass is 394 g/mol. The van der Waals surface area contributed by atoms with Crippen LogP contribution in [-0.4, -0.2) is 55.2 Å². The Labute approximate surface area is 170 Å². The summed E-state index contributed by atoms with van der Waals surface area (Å²) in [6, 6.07) is 11.6. The molecule has 0 aliphatic carbocycles. The minimum Gasteiger partial charge on any atom is -0.464 e. The summed E-state index contributed by atoms with van der Waals surface area (Å²) in [5.74, 6) is 0.413. The summed E-state index contributed by atoms with van der Waals surface area (Å²) in [5, 5.41) is 7.10. The van der Waals surface area contributed by atoms with Gasteiger partial charge in [-0.1, -0.05) is 17.7 Å². The molecule has 7 nitrogen and oxygen atoms in total. The molecule has 7 heteroatoms. The molecule has 3 aromatic rings. The SMILES string of the molecule is Cc1ccc(Nc2nc(C(=O)NCCCN3CCOCC3)cc3occc23)cc1. The molecule has 0 unspecified atom stereocenters. The minimum atomic E-state index is -0.197. The van der Waals surface area contributed by atoms with Gasteiger partial charge in [-0.2, -0.15) is 0 Å². The largest absolute Gasteiger partial charge is 0.464 e. The smallest absolute Gasteiger partial charge is 0.270 e. The Morgan fingerprint density at radius 3 is 2.76 bits per heavy atom. The van der Waals surface area contributed by atoms with Crippen molar-refractivity contribution in [3.8, 4) is 0 Å². The Kier molecular flexibility index (Phi) is 6.07. The van der Waals surface area contributed by atoms with Crippen molar-refractivity contribution in [2.75, 3.05) is 44.7 Å². The van der Waals surface area contributed by atoms with E-state index < -0.39 is 0 Å². The summed E-state index contributed by atoms with van der Waals surface area (Å²) in [4.78, 5) is 19.5. The van der Waals surface area contributed by atoms with E-state index in [9.17, 15) is 4.79 Å². The van der Waals surface area contributed by atoms with Crippen LogP contribution in [0.4, 0.5) is 11.5 Å². The topological polar surface area (TPSA) is 79.6 Å². The van der Waals surface area contributed by atoms with Crippen LogP contribution in [0.5, 0.6) is 0 Å². The van der Waals surface area contributed by atoms with Crippen LogP contribution < -0.4 is 10.6 Å². The van der Waals surface area contributed by atoms with Crippen LogP contribution in [0.3, 0.4) is 0 Å². The van der Waals surface area contributed by atoms with Crippen LogP contribution in [0.25, 0.3) is 11.0 Å². The first-order chi connectivity index (χ1) is 14.2. The van der Waals surface area contributed by atoms with Gasteiger partial charge in [0.15, 0.2) is 0 Å². The van der Waals surface area contributed by atoms with Crippen LogP contribution in [0.15, 0.2) is 47.1 Å². The number of pyridine rings is 1. The summed E-state index contributed by atoms with van der Waals surface area (Å²) < 4.78 is 10.9. The number of aromatic nitrogens is 1. The van der Waals surface area contributed by atoms with Gasteiger partial charge in [0.05, 0.1) is 24.9 Å². The number of carbonyl (C=O) groups is 1. The molecule has 1 amide bonds. The summed E-state index contributed by atoms with van der Waals surface area (Å²) >= 11 is 0. The van der Waals surface area contributed by atoms with E-state index >= 15 is 0 Å². The first-order valence-electron chi connectivity index (χ1n) is 9.99. The molecular weight excluding hydrogens is 368 g/mol. The molecule has 2 aromatic heterocycles. The van der Waals surface area contributed by atoms with Crippen molar-refractivity contribution in [1.82, 2.24) is 15.2 Å². The molecule has 0 spiro atoms. The number of nitrogens with one attached hydrogen (secondary N) is 2. The Bertz CT molecular complexity index is 962. The molecule has 1 aliphatic rings. The number of nitrogens with zero attached hydrogens (tertiary/aromatic N) is 2. The normalized spacial score (nSPS) is 14.8. The highest BCUT2D eigenvalue weighted by Crippen LogP contribution is 2.26. The standard InChI is InChI=1S/C22H26N4O3/c1-16-3-5-17(6-4-16)24-21-18-7-12-29-20(18)15-19(25-21)22(27)23-8-2-9-26-10-13-28-14-11-26/h3-7,12,15H,2,8-11,13-14H2,1H3,(H,23,27)(H,24,25). The lowest BCUT2D eigenvalue weighted by molar-refractivity contribution is 0.0374. The van der Waals surface area contributed by atoms with Gasteiger partial charge >= 0.3 is 0 Å². The number of ether oxygens (including phenoxy) is 1. The predicted molar refractivity (Wildman–Crippen MR) is 113 cm³/mol. The molecule has 0 radical (unpaired) electrons. The van der Waals surface area contributed by atoms with Gasteiger partial charge in [-0.3, -0.25) is 9.69 Å². The van der Waals surface area contributed by atoms with Crippen LogP contribution in [0.2, 0.25) is 0 Å². The van der Waals surface area contributed by atoms with E-state index in [0.717, 1.165) is 50.3 Å². The third kappa shape index (κ3) is 4.93. The number of hydrogen-bond donors (Lipinski definition) is 2. The first-order valence-corrected chi connectivity index (χ1v) is 9.99. The van der Waals surface area contributed by atoms with Gasteiger partial charge in [0, 0.05) is 31.4 Å². The average molecular weight is 394 g/mol. The number of amides is 1. The number of morpholine rings is 1. The zero-order chi connectivity index (χ0) is 20.1. The van der Waals surface area contributed by atoms with E-state index in [-0.39, 0.29) is 5.91 Å². The molecule has 1 saturated heterocycles. The predicted octanol–water partition coefficient (Wildman–Crippen LogP) is 3.33. The van der Waals surface area contributed by atoms with E-state index in [0.29, 0.717) is 23.6 Å². The van der Waals surface area contributed by atoms with Crippen LogP contribution >= 0.6 is 0 Å². The van der Waals surface area contributed by atoms with Gasteiger partial charge in [-0.15, -0.1) is 0 Å². The number of furan rings is 1. The molecule has 4 rings (SSSR count). The average Bonchev–Trinajstić information content (AvgIpc) is 3.22. The second-order valence-electron chi connectivity index (χ2n) is 7.24. The Hall–Kier alpha value is -2.90. The molecular formula is C22H26N4O3. The molecule has 152 valence electrons. The Balaban J connectivity index is 1.41. The highest BCUT2D eigenvalue weighted by atomic mass is 16.5. The molecule has 0 saturated carbocycles. The summed E-state index contributed by atoms with van der Waals surface area (Å²) in [5.41, 5.74) is 3.07. The lowest BCUT2D eigenvalue weighted by Crippen LogP contribution is -2.38. The lowest BCUT2D eigenvalue weighted by Gasteiger charge is -2.26. The summed E-state index contributed by atoms with van der Waals surface area (Å²) in [7, 11) is 0. The second-order valence-corrected chi connectivity index (χ2v) is 7.24. The van der Waals surface area contributed by atoms with Crippen molar-refractivity contribution in [1.29, 1.82) is 0 Å². The van der Waals surface area contributed by atoms with Gasteiger partial charge in [-0.05, 0) is 38.1 Å². The van der Waals surface area contributed by atoms with Gasteiger partial charge in [0.1, 0.15) is 17.1 Å². The van der Waals surface area contributed by atoms with Crippen LogP contribution in [0, 0.1) is 6.92 Å². The van der Waals surface area contributed by atoms with Gasteiger partial charge in [-0.25, -0.2) is 4.98 Å². The molecule has 29 heavy (non-hydrogen) atoms. The number of hydrogen-bond acceptors (Lipinski definition) is 6. The lowest BCUT2D eigenvalue weighted by atomic mass is 10.2. The number of rotatable bonds is 7. The number of carbonyl (C=O) groups excluding carboxylic acids is 1. The molecule has 3 heterocycles. The second kappa shape index (κ2) is 9.07. The van der Waals surface area contributed by atoms with Gasteiger partial charge < -0.3 is 19.8 Å². The highest BCUT2D eigenvalue weighted by molar-refractivity contribution is 5.99. The fourth-order valence-electron chi connectivity index (χ4n) is 3.37. The van der Waals surface area contributed by atoms with Crippen molar-refractivity contribution < 1.29 is 13.9 Å². The molecule has 0 bridgehead atoms. The maximum atomic E-state index is 12.6. The van der Waals surface area contributed by atoms with E-state index in [1.165, 1.54) is 5.56 Å². The highest BCUT2D eigenvalue weighted by Gasteiger charge is 2.15. The zero-order valence-electron chi connectivity index (χ0n) is 16.6. The molecule has 2 N–H and O–H groups in total. The number of aryl methyl sites for hydroxylation is 1. The Morgan fingerprint density at radius 1 is 1.17 bits per heavy atom. The van der Waals surface area contributed by atoms with Crippen molar-refractivity contribution in [3.63, 3.8) is 0 Å². The molecule has 1 fully saturated rings. The maximum absolute atomic E-state index is 12.6. The maximum Gasteiger partial charge on any atom is 0.270 e. The summed E-state index contributed by atoms with van der Waals surface area (Å²) in [6.07, 6.45) is 2.50. The molecule has 0 atom stereocenters. The van der Waals surface area contributed by atoms with Crippen LogP contribution in [-0.2, 0) is 4.74 Å². The quantitative estimate of drug-likeness (QED) is 0.599. The fraction of sp³-hybridized carbons (Fsp3) is 0.364. The number of fused-ring (bicyclic) bond motifs is 1. The minimum absolute atomic E-state index is 0.197. The molecule has 1 aliphatic heterocycles. The fourth-order valence-corrected chi connectivity index (χ4v) is 3.37.